The molecule has 1 saturated heterocycles. The van der Waals surface area contributed by atoms with E-state index in [0.717, 1.165) is 10.9 Å². The second-order valence-electron chi connectivity index (χ2n) is 7.46. The minimum atomic E-state index is -3.81. The molecule has 1 aliphatic heterocycles. The van der Waals surface area contributed by atoms with E-state index in [1.165, 1.54) is 16.6 Å². The number of fused-ring (bicyclic) bond motifs is 1. The molecular weight excluding hydrogens is 448 g/mol. The number of amides is 1. The molecule has 33 heavy (non-hydrogen) atoms. The average molecular weight is 475 g/mol. The Kier molecular flexibility index (Phi) is 6.87. The van der Waals surface area contributed by atoms with Gasteiger partial charge < -0.3 is 23.9 Å². The van der Waals surface area contributed by atoms with Crippen LogP contribution in [0.25, 0.3) is 11.0 Å². The summed E-state index contributed by atoms with van der Waals surface area (Å²) in [7, 11) is -2.24. The lowest BCUT2D eigenvalue weighted by Crippen LogP contribution is -2.40. The number of rotatable bonds is 8. The summed E-state index contributed by atoms with van der Waals surface area (Å²) in [5.74, 6) is 0.611. The lowest BCUT2D eigenvalue weighted by molar-refractivity contribution is -0.115. The molecule has 176 valence electrons. The topological polar surface area (TPSA) is 107 Å². The van der Waals surface area contributed by atoms with Crippen molar-refractivity contribution in [1.29, 1.82) is 0 Å². The van der Waals surface area contributed by atoms with Crippen LogP contribution in [-0.4, -0.2) is 58.7 Å². The van der Waals surface area contributed by atoms with E-state index in [0.29, 0.717) is 36.8 Å². The van der Waals surface area contributed by atoms with E-state index in [1.807, 2.05) is 6.07 Å². The zero-order valence-electron chi connectivity index (χ0n) is 18.5. The first-order chi connectivity index (χ1) is 15.9. The predicted octanol–water partition coefficient (Wildman–Crippen LogP) is 3.04. The summed E-state index contributed by atoms with van der Waals surface area (Å²) in [4.78, 5) is 12.8. The second-order valence-corrected chi connectivity index (χ2v) is 9.37. The fourth-order valence-electron chi connectivity index (χ4n) is 3.69. The number of benzene rings is 2. The van der Waals surface area contributed by atoms with Crippen LogP contribution >= 0.6 is 0 Å². The summed E-state index contributed by atoms with van der Waals surface area (Å²) in [5, 5.41) is 3.60. The summed E-state index contributed by atoms with van der Waals surface area (Å²) >= 11 is 0. The minimum Gasteiger partial charge on any atom is -0.497 e. The molecular formula is C23H26N2O7S. The molecule has 10 heteroatoms. The van der Waals surface area contributed by atoms with Crippen LogP contribution in [0.5, 0.6) is 11.5 Å². The summed E-state index contributed by atoms with van der Waals surface area (Å²) in [6.45, 7) is 3.31. The Hall–Kier alpha value is -3.08. The molecule has 3 aromatic rings. The van der Waals surface area contributed by atoms with Gasteiger partial charge in [0.1, 0.15) is 22.0 Å². The molecule has 1 N–H and O–H groups in total. The molecule has 9 nitrogen and oxygen atoms in total. The molecule has 0 atom stereocenters. The summed E-state index contributed by atoms with van der Waals surface area (Å²) < 4.78 is 49.4. The minimum absolute atomic E-state index is 0.0184. The Morgan fingerprint density at radius 3 is 2.67 bits per heavy atom. The number of hydrogen-bond donors (Lipinski definition) is 1. The van der Waals surface area contributed by atoms with Crippen molar-refractivity contribution in [3.63, 3.8) is 0 Å². The highest BCUT2D eigenvalue weighted by atomic mass is 32.2. The first-order valence-electron chi connectivity index (χ1n) is 10.6. The zero-order chi connectivity index (χ0) is 23.4. The van der Waals surface area contributed by atoms with Crippen molar-refractivity contribution >= 4 is 32.6 Å². The van der Waals surface area contributed by atoms with E-state index in [9.17, 15) is 13.2 Å². The van der Waals surface area contributed by atoms with Crippen LogP contribution in [-0.2, 0) is 26.0 Å². The van der Waals surface area contributed by atoms with Crippen molar-refractivity contribution < 1.29 is 31.8 Å². The number of carbonyl (C=O) groups is 1. The third-order valence-electron chi connectivity index (χ3n) is 5.33. The number of hydrogen-bond acceptors (Lipinski definition) is 7. The fraction of sp³-hybridized carbons (Fsp3) is 0.348. The summed E-state index contributed by atoms with van der Waals surface area (Å²) in [5.41, 5.74) is 1.71. The molecule has 0 saturated carbocycles. The van der Waals surface area contributed by atoms with Crippen molar-refractivity contribution in [2.24, 2.45) is 0 Å². The standard InChI is InChI=1S/C23H26N2O7S/c1-3-31-20-7-4-17(13-22(20)33(27,28)25-8-10-30-11-9-25)24-23(26)12-16-15-32-21-14-18(29-2)5-6-19(16)21/h4-7,13-15H,3,8-12H2,1-2H3,(H,24,26). The predicted molar refractivity (Wildman–Crippen MR) is 122 cm³/mol. The van der Waals surface area contributed by atoms with Crippen molar-refractivity contribution in [2.75, 3.05) is 45.3 Å². The summed E-state index contributed by atoms with van der Waals surface area (Å²) in [6, 6.07) is 10.0. The lowest BCUT2D eigenvalue weighted by Gasteiger charge is -2.27. The maximum absolute atomic E-state index is 13.2. The van der Waals surface area contributed by atoms with Gasteiger partial charge in [0.15, 0.2) is 0 Å². The fourth-order valence-corrected chi connectivity index (χ4v) is 5.26. The van der Waals surface area contributed by atoms with Crippen molar-refractivity contribution in [3.05, 3.63) is 48.2 Å². The zero-order valence-corrected chi connectivity index (χ0v) is 19.3. The Bertz CT molecular complexity index is 1250. The monoisotopic (exact) mass is 474 g/mol. The van der Waals surface area contributed by atoms with Gasteiger partial charge in [0.25, 0.3) is 0 Å². The van der Waals surface area contributed by atoms with Crippen LogP contribution in [0.15, 0.2) is 52.0 Å². The van der Waals surface area contributed by atoms with Gasteiger partial charge in [-0.2, -0.15) is 4.31 Å². The van der Waals surface area contributed by atoms with Gasteiger partial charge in [0.05, 0.1) is 39.6 Å². The average Bonchev–Trinajstić information content (AvgIpc) is 3.22. The number of morpholine rings is 1. The van der Waals surface area contributed by atoms with Crippen molar-refractivity contribution in [3.8, 4) is 11.5 Å². The Labute approximate surface area is 192 Å². The number of sulfonamides is 1. The Morgan fingerprint density at radius 2 is 1.94 bits per heavy atom. The Balaban J connectivity index is 1.55. The molecule has 0 bridgehead atoms. The van der Waals surface area contributed by atoms with Crippen LogP contribution < -0.4 is 14.8 Å². The number of methoxy groups -OCH3 is 1. The van der Waals surface area contributed by atoms with Gasteiger partial charge in [-0.05, 0) is 37.3 Å². The van der Waals surface area contributed by atoms with Gasteiger partial charge in [-0.1, -0.05) is 0 Å². The highest BCUT2D eigenvalue weighted by Gasteiger charge is 2.30. The molecule has 1 aromatic heterocycles. The van der Waals surface area contributed by atoms with E-state index in [2.05, 4.69) is 5.32 Å². The SMILES string of the molecule is CCOc1ccc(NC(=O)Cc2coc3cc(OC)ccc23)cc1S(=O)(=O)N1CCOCC1. The number of ether oxygens (including phenoxy) is 3. The molecule has 0 aliphatic carbocycles. The van der Waals surface area contributed by atoms with Crippen LogP contribution in [0.3, 0.4) is 0 Å². The maximum Gasteiger partial charge on any atom is 0.246 e. The number of furan rings is 1. The first-order valence-corrected chi connectivity index (χ1v) is 12.0. The molecule has 2 aromatic carbocycles. The van der Waals surface area contributed by atoms with E-state index >= 15 is 0 Å². The van der Waals surface area contributed by atoms with Crippen LogP contribution in [0.1, 0.15) is 12.5 Å². The molecule has 1 aliphatic rings. The number of nitrogens with zero attached hydrogens (tertiary/aromatic N) is 1. The molecule has 0 spiro atoms. The summed E-state index contributed by atoms with van der Waals surface area (Å²) in [6.07, 6.45) is 1.61. The third kappa shape index (κ3) is 4.97. The van der Waals surface area contributed by atoms with Gasteiger partial charge in [-0.25, -0.2) is 8.42 Å². The molecule has 1 fully saturated rings. The molecule has 4 rings (SSSR count). The molecule has 1 amide bonds. The largest absolute Gasteiger partial charge is 0.497 e. The number of anilines is 1. The highest BCUT2D eigenvalue weighted by molar-refractivity contribution is 7.89. The van der Waals surface area contributed by atoms with Gasteiger partial charge in [0.2, 0.25) is 15.9 Å². The van der Waals surface area contributed by atoms with Crippen LogP contribution in [0.2, 0.25) is 0 Å². The Morgan fingerprint density at radius 1 is 1.15 bits per heavy atom. The molecule has 2 heterocycles. The van der Waals surface area contributed by atoms with Crippen LogP contribution in [0, 0.1) is 0 Å². The van der Waals surface area contributed by atoms with Crippen LogP contribution in [0.4, 0.5) is 5.69 Å². The smallest absolute Gasteiger partial charge is 0.246 e. The number of nitrogens with one attached hydrogen (secondary N) is 1. The van der Waals surface area contributed by atoms with Gasteiger partial charge >= 0.3 is 0 Å². The molecule has 0 unspecified atom stereocenters. The maximum atomic E-state index is 13.2. The van der Waals surface area contributed by atoms with E-state index in [-0.39, 0.29) is 36.1 Å². The third-order valence-corrected chi connectivity index (χ3v) is 7.25. The van der Waals surface area contributed by atoms with E-state index in [1.54, 1.807) is 38.3 Å². The van der Waals surface area contributed by atoms with Crippen molar-refractivity contribution in [1.82, 2.24) is 4.31 Å². The van der Waals surface area contributed by atoms with Gasteiger partial charge in [0, 0.05) is 35.8 Å². The second kappa shape index (κ2) is 9.82. The quantitative estimate of drug-likeness (QED) is 0.535. The van der Waals surface area contributed by atoms with Gasteiger partial charge in [-0.3, -0.25) is 4.79 Å². The highest BCUT2D eigenvalue weighted by Crippen LogP contribution is 2.31. The number of carbonyl (C=O) groups excluding carboxylic acids is 1. The molecule has 0 radical (unpaired) electrons. The lowest BCUT2D eigenvalue weighted by atomic mass is 10.1. The van der Waals surface area contributed by atoms with E-state index in [4.69, 9.17) is 18.6 Å². The normalized spacial score (nSPS) is 14.8. The van der Waals surface area contributed by atoms with E-state index < -0.39 is 10.0 Å². The first kappa shape index (κ1) is 23.1. The van der Waals surface area contributed by atoms with Crippen molar-refractivity contribution in [2.45, 2.75) is 18.2 Å². The van der Waals surface area contributed by atoms with Gasteiger partial charge in [-0.15, -0.1) is 0 Å².